The lowest BCUT2D eigenvalue weighted by Gasteiger charge is -2.13. The van der Waals surface area contributed by atoms with E-state index < -0.39 is 0 Å². The molecule has 0 spiro atoms. The van der Waals surface area contributed by atoms with Gasteiger partial charge in [0, 0.05) is 18.9 Å². The number of nitrogens with one attached hydrogen (secondary N) is 1. The maximum absolute atomic E-state index is 12.2. The minimum Gasteiger partial charge on any atom is -0.469 e. The predicted octanol–water partition coefficient (Wildman–Crippen LogP) is 1.42. The summed E-state index contributed by atoms with van der Waals surface area (Å²) < 4.78 is 5.29. The first-order valence-electron chi connectivity index (χ1n) is 6.21. The van der Waals surface area contributed by atoms with Crippen LogP contribution in [0, 0.1) is 0 Å². The van der Waals surface area contributed by atoms with Crippen LogP contribution >= 0.6 is 0 Å². The van der Waals surface area contributed by atoms with Crippen molar-refractivity contribution < 1.29 is 9.21 Å². The third-order valence-electron chi connectivity index (χ3n) is 2.87. The molecule has 0 radical (unpaired) electrons. The number of pyridine rings is 1. The van der Waals surface area contributed by atoms with Gasteiger partial charge in [-0.15, -0.1) is 0 Å². The zero-order valence-corrected chi connectivity index (χ0v) is 10.6. The van der Waals surface area contributed by atoms with E-state index in [1.54, 1.807) is 30.8 Å². The Hall–Kier alpha value is -2.14. The number of hydrogen-bond donors (Lipinski definition) is 2. The highest BCUT2D eigenvalue weighted by Gasteiger charge is 2.21. The molecule has 1 atom stereocenters. The van der Waals surface area contributed by atoms with Crippen molar-refractivity contribution in [1.82, 2.24) is 10.3 Å². The molecule has 0 saturated carbocycles. The van der Waals surface area contributed by atoms with Gasteiger partial charge in [0.25, 0.3) is 0 Å². The van der Waals surface area contributed by atoms with Crippen LogP contribution in [-0.4, -0.2) is 17.4 Å². The summed E-state index contributed by atoms with van der Waals surface area (Å²) in [5.41, 5.74) is 6.56. The second kappa shape index (κ2) is 6.70. The summed E-state index contributed by atoms with van der Waals surface area (Å²) in [7, 11) is 0. The van der Waals surface area contributed by atoms with Gasteiger partial charge in [0.1, 0.15) is 5.76 Å². The molecule has 2 heterocycles. The number of aromatic nitrogens is 1. The minimum atomic E-state index is -0.332. The number of furan rings is 1. The van der Waals surface area contributed by atoms with Crippen LogP contribution in [0.4, 0.5) is 0 Å². The molecule has 1 unspecified atom stereocenters. The topological polar surface area (TPSA) is 81.2 Å². The van der Waals surface area contributed by atoms with Crippen LogP contribution in [0.5, 0.6) is 0 Å². The molecule has 0 aromatic carbocycles. The van der Waals surface area contributed by atoms with Gasteiger partial charge in [-0.05, 0) is 42.8 Å². The number of hydrogen-bond acceptors (Lipinski definition) is 4. The molecule has 2 aromatic heterocycles. The summed E-state index contributed by atoms with van der Waals surface area (Å²) in [6, 6.07) is 7.30. The Kier molecular flexibility index (Phi) is 4.69. The number of carbonyl (C=O) groups is 1. The van der Waals surface area contributed by atoms with E-state index in [0.29, 0.717) is 25.3 Å². The van der Waals surface area contributed by atoms with Gasteiger partial charge in [0.15, 0.2) is 0 Å². The standard InChI is InChI=1S/C14H17N3O2/c15-6-3-12(13-2-1-9-19-13)14(18)17-10-11-4-7-16-8-5-11/h1-2,4-5,7-9,12H,3,6,10,15H2,(H,17,18). The highest BCUT2D eigenvalue weighted by Crippen LogP contribution is 2.19. The van der Waals surface area contributed by atoms with E-state index in [1.165, 1.54) is 0 Å². The lowest BCUT2D eigenvalue weighted by Crippen LogP contribution is -2.30. The number of nitrogens with zero attached hydrogens (tertiary/aromatic N) is 1. The SMILES string of the molecule is NCCC(C(=O)NCc1ccncc1)c1ccco1. The number of rotatable bonds is 6. The van der Waals surface area contributed by atoms with E-state index in [0.717, 1.165) is 5.56 Å². The maximum Gasteiger partial charge on any atom is 0.231 e. The molecule has 1 amide bonds. The van der Waals surface area contributed by atoms with Gasteiger partial charge in [-0.3, -0.25) is 9.78 Å². The van der Waals surface area contributed by atoms with Crippen molar-refractivity contribution in [1.29, 1.82) is 0 Å². The van der Waals surface area contributed by atoms with Crippen LogP contribution in [-0.2, 0) is 11.3 Å². The largest absolute Gasteiger partial charge is 0.469 e. The highest BCUT2D eigenvalue weighted by atomic mass is 16.3. The zero-order chi connectivity index (χ0) is 13.5. The lowest BCUT2D eigenvalue weighted by molar-refractivity contribution is -0.123. The van der Waals surface area contributed by atoms with Crippen LogP contribution in [0.2, 0.25) is 0 Å². The molecule has 0 fully saturated rings. The highest BCUT2D eigenvalue weighted by molar-refractivity contribution is 5.82. The molecule has 5 heteroatoms. The van der Waals surface area contributed by atoms with E-state index in [2.05, 4.69) is 10.3 Å². The number of amides is 1. The molecule has 0 aliphatic heterocycles. The minimum absolute atomic E-state index is 0.0720. The number of carbonyl (C=O) groups excluding carboxylic acids is 1. The Morgan fingerprint density at radius 3 is 2.79 bits per heavy atom. The van der Waals surface area contributed by atoms with Gasteiger partial charge in [-0.2, -0.15) is 0 Å². The molecule has 2 aromatic rings. The van der Waals surface area contributed by atoms with Crippen molar-refractivity contribution >= 4 is 5.91 Å². The summed E-state index contributed by atoms with van der Waals surface area (Å²) in [5, 5.41) is 2.89. The van der Waals surface area contributed by atoms with Gasteiger partial charge in [0.2, 0.25) is 5.91 Å². The molecule has 5 nitrogen and oxygen atoms in total. The normalized spacial score (nSPS) is 12.1. The van der Waals surface area contributed by atoms with Crippen LogP contribution in [0.3, 0.4) is 0 Å². The maximum atomic E-state index is 12.2. The number of nitrogens with two attached hydrogens (primary N) is 1. The summed E-state index contributed by atoms with van der Waals surface area (Å²) >= 11 is 0. The molecule has 0 bridgehead atoms. The predicted molar refractivity (Wildman–Crippen MR) is 71.2 cm³/mol. The molecular formula is C14H17N3O2. The third-order valence-corrected chi connectivity index (χ3v) is 2.87. The van der Waals surface area contributed by atoms with E-state index >= 15 is 0 Å². The van der Waals surface area contributed by atoms with Gasteiger partial charge < -0.3 is 15.5 Å². The first kappa shape index (κ1) is 13.3. The van der Waals surface area contributed by atoms with Crippen LogP contribution in [0.15, 0.2) is 47.3 Å². The molecule has 2 rings (SSSR count). The first-order valence-corrected chi connectivity index (χ1v) is 6.21. The summed E-state index contributed by atoms with van der Waals surface area (Å²) in [6.07, 6.45) is 5.53. The van der Waals surface area contributed by atoms with E-state index in [9.17, 15) is 4.79 Å². The Labute approximate surface area is 111 Å². The summed E-state index contributed by atoms with van der Waals surface area (Å²) in [5.74, 6) is 0.247. The van der Waals surface area contributed by atoms with Gasteiger partial charge in [0.05, 0.1) is 12.2 Å². The van der Waals surface area contributed by atoms with E-state index in [1.807, 2.05) is 12.1 Å². The Morgan fingerprint density at radius 2 is 2.16 bits per heavy atom. The molecule has 100 valence electrons. The molecular weight excluding hydrogens is 242 g/mol. The summed E-state index contributed by atoms with van der Waals surface area (Å²) in [6.45, 7) is 0.914. The third kappa shape index (κ3) is 3.66. The molecule has 0 aliphatic rings. The summed E-state index contributed by atoms with van der Waals surface area (Å²) in [4.78, 5) is 16.1. The van der Waals surface area contributed by atoms with Crippen molar-refractivity contribution in [3.05, 3.63) is 54.2 Å². The van der Waals surface area contributed by atoms with Crippen LogP contribution in [0.25, 0.3) is 0 Å². The Morgan fingerprint density at radius 1 is 1.37 bits per heavy atom. The fourth-order valence-corrected chi connectivity index (χ4v) is 1.87. The average Bonchev–Trinajstić information content (AvgIpc) is 2.97. The van der Waals surface area contributed by atoms with Gasteiger partial charge in [-0.25, -0.2) is 0 Å². The lowest BCUT2D eigenvalue weighted by atomic mass is 10.0. The van der Waals surface area contributed by atoms with Crippen LogP contribution in [0.1, 0.15) is 23.7 Å². The van der Waals surface area contributed by atoms with Crippen molar-refractivity contribution in [2.75, 3.05) is 6.54 Å². The Balaban J connectivity index is 1.97. The quantitative estimate of drug-likeness (QED) is 0.822. The second-order valence-corrected chi connectivity index (χ2v) is 4.22. The van der Waals surface area contributed by atoms with Crippen molar-refractivity contribution in [3.8, 4) is 0 Å². The average molecular weight is 259 g/mol. The van der Waals surface area contributed by atoms with Crippen LogP contribution < -0.4 is 11.1 Å². The molecule has 3 N–H and O–H groups in total. The zero-order valence-electron chi connectivity index (χ0n) is 10.6. The smallest absolute Gasteiger partial charge is 0.231 e. The van der Waals surface area contributed by atoms with Gasteiger partial charge >= 0.3 is 0 Å². The molecule has 19 heavy (non-hydrogen) atoms. The Bertz CT molecular complexity index is 497. The van der Waals surface area contributed by atoms with Crippen molar-refractivity contribution in [2.24, 2.45) is 5.73 Å². The monoisotopic (exact) mass is 259 g/mol. The first-order chi connectivity index (χ1) is 9.31. The second-order valence-electron chi connectivity index (χ2n) is 4.22. The fraction of sp³-hybridized carbons (Fsp3) is 0.286. The fourth-order valence-electron chi connectivity index (χ4n) is 1.87. The van der Waals surface area contributed by atoms with Gasteiger partial charge in [-0.1, -0.05) is 0 Å². The molecule has 0 saturated heterocycles. The van der Waals surface area contributed by atoms with E-state index in [4.69, 9.17) is 10.2 Å². The molecule has 0 aliphatic carbocycles. The van der Waals surface area contributed by atoms with Crippen molar-refractivity contribution in [3.63, 3.8) is 0 Å². The van der Waals surface area contributed by atoms with Crippen molar-refractivity contribution in [2.45, 2.75) is 18.9 Å². The van der Waals surface area contributed by atoms with E-state index in [-0.39, 0.29) is 11.8 Å².